The number of amides is 2. The van der Waals surface area contributed by atoms with Crippen molar-refractivity contribution in [2.24, 2.45) is 7.05 Å². The zero-order chi connectivity index (χ0) is 18.5. The number of nitrogens with one attached hydrogen (secondary N) is 1. The third kappa shape index (κ3) is 2.81. The smallest absolute Gasteiger partial charge is 0.257 e. The maximum absolute atomic E-state index is 12.8. The second-order valence-corrected chi connectivity index (χ2v) is 7.59. The minimum Gasteiger partial charge on any atom is -0.466 e. The Hall–Kier alpha value is -2.57. The van der Waals surface area contributed by atoms with Crippen LogP contribution < -0.4 is 5.32 Å². The first kappa shape index (κ1) is 16.9. The lowest BCUT2D eigenvalue weighted by Gasteiger charge is -2.39. The molecule has 0 aromatic carbocycles. The summed E-state index contributed by atoms with van der Waals surface area (Å²) < 4.78 is 7.21. The Morgan fingerprint density at radius 1 is 1.35 bits per heavy atom. The number of rotatable bonds is 2. The molecule has 7 nitrogen and oxygen atoms in total. The molecular formula is C19H24N4O3. The Kier molecular flexibility index (Phi) is 3.89. The number of aromatic nitrogens is 2. The Morgan fingerprint density at radius 3 is 2.65 bits per heavy atom. The number of hydrogen-bond donors (Lipinski definition) is 1. The highest BCUT2D eigenvalue weighted by molar-refractivity contribution is 5.95. The first-order valence-corrected chi connectivity index (χ1v) is 9.04. The monoisotopic (exact) mass is 356 g/mol. The van der Waals surface area contributed by atoms with Gasteiger partial charge in [0.1, 0.15) is 11.5 Å². The van der Waals surface area contributed by atoms with Crippen molar-refractivity contribution in [3.05, 3.63) is 41.1 Å². The molecule has 0 bridgehead atoms. The normalized spacial score (nSPS) is 22.0. The topological polar surface area (TPSA) is 80.4 Å². The van der Waals surface area contributed by atoms with Gasteiger partial charge in [-0.25, -0.2) is 0 Å². The summed E-state index contributed by atoms with van der Waals surface area (Å²) in [6, 6.07) is 1.80. The van der Waals surface area contributed by atoms with Gasteiger partial charge in [-0.1, -0.05) is 0 Å². The van der Waals surface area contributed by atoms with Gasteiger partial charge >= 0.3 is 0 Å². The quantitative estimate of drug-likeness (QED) is 0.891. The Morgan fingerprint density at radius 2 is 2.08 bits per heavy atom. The van der Waals surface area contributed by atoms with Crippen LogP contribution in [0, 0.1) is 13.8 Å². The molecule has 138 valence electrons. The molecule has 1 N–H and O–H groups in total. The van der Waals surface area contributed by atoms with Crippen molar-refractivity contribution >= 4 is 11.8 Å². The summed E-state index contributed by atoms with van der Waals surface area (Å²) in [5.41, 5.74) is 1.39. The molecular weight excluding hydrogens is 332 g/mol. The van der Waals surface area contributed by atoms with Gasteiger partial charge in [0, 0.05) is 37.4 Å². The summed E-state index contributed by atoms with van der Waals surface area (Å²) in [5.74, 6) is 1.35. The standard InChI is InChI=1S/C19H24N4O3/c1-12-8-15(13(2)26-12)18(25)23-6-4-19(5-7-23)9-16(17(24)21-19)14-10-20-22(3)11-14/h8,10-11,16H,4-7,9H2,1-3H3,(H,21,24)/t16-/m1/s1. The average molecular weight is 356 g/mol. The molecule has 0 aliphatic carbocycles. The first-order valence-electron chi connectivity index (χ1n) is 9.04. The van der Waals surface area contributed by atoms with E-state index in [1.807, 2.05) is 32.0 Å². The van der Waals surface area contributed by atoms with E-state index in [0.29, 0.717) is 24.4 Å². The van der Waals surface area contributed by atoms with E-state index in [1.54, 1.807) is 16.9 Å². The first-order chi connectivity index (χ1) is 12.4. The van der Waals surface area contributed by atoms with Crippen molar-refractivity contribution in [3.8, 4) is 0 Å². The summed E-state index contributed by atoms with van der Waals surface area (Å²) in [6.07, 6.45) is 6.00. The fraction of sp³-hybridized carbons (Fsp3) is 0.526. The van der Waals surface area contributed by atoms with Gasteiger partial charge in [0.25, 0.3) is 5.91 Å². The molecule has 2 fully saturated rings. The Bertz CT molecular complexity index is 858. The van der Waals surface area contributed by atoms with Crippen LogP contribution in [0.1, 0.15) is 52.6 Å². The van der Waals surface area contributed by atoms with Gasteiger partial charge in [-0.05, 0) is 39.2 Å². The largest absolute Gasteiger partial charge is 0.466 e. The van der Waals surface area contributed by atoms with Crippen LogP contribution in [0.4, 0.5) is 0 Å². The third-order valence-corrected chi connectivity index (χ3v) is 5.71. The molecule has 1 atom stereocenters. The van der Waals surface area contributed by atoms with Gasteiger partial charge in [0.15, 0.2) is 0 Å². The predicted octanol–water partition coefficient (Wildman–Crippen LogP) is 1.91. The molecule has 2 aliphatic heterocycles. The number of carbonyl (C=O) groups excluding carboxylic acids is 2. The zero-order valence-corrected chi connectivity index (χ0v) is 15.4. The maximum atomic E-state index is 12.8. The van der Waals surface area contributed by atoms with Crippen molar-refractivity contribution < 1.29 is 14.0 Å². The number of piperidine rings is 1. The lowest BCUT2D eigenvalue weighted by atomic mass is 9.82. The van der Waals surface area contributed by atoms with Gasteiger partial charge in [0.05, 0.1) is 17.7 Å². The van der Waals surface area contributed by atoms with Crippen molar-refractivity contribution in [3.63, 3.8) is 0 Å². The zero-order valence-electron chi connectivity index (χ0n) is 15.4. The summed E-state index contributed by atoms with van der Waals surface area (Å²) in [5, 5.41) is 7.39. The molecule has 7 heteroatoms. The second-order valence-electron chi connectivity index (χ2n) is 7.59. The van der Waals surface area contributed by atoms with Gasteiger partial charge in [0.2, 0.25) is 5.91 Å². The Labute approximate surface area is 152 Å². The van der Waals surface area contributed by atoms with Crippen molar-refractivity contribution in [1.82, 2.24) is 20.0 Å². The second kappa shape index (κ2) is 6.00. The molecule has 1 spiro atoms. The van der Waals surface area contributed by atoms with E-state index in [1.165, 1.54) is 0 Å². The molecule has 2 aromatic heterocycles. The van der Waals surface area contributed by atoms with Crippen LogP contribution in [0.5, 0.6) is 0 Å². The van der Waals surface area contributed by atoms with Gasteiger partial charge in [-0.2, -0.15) is 5.10 Å². The molecule has 4 rings (SSSR count). The number of nitrogens with zero attached hydrogens (tertiary/aromatic N) is 3. The molecule has 0 unspecified atom stereocenters. The number of likely N-dealkylation sites (tertiary alicyclic amines) is 1. The number of hydrogen-bond acceptors (Lipinski definition) is 4. The molecule has 2 aliphatic rings. The van der Waals surface area contributed by atoms with Crippen LogP contribution in [0.15, 0.2) is 22.9 Å². The summed E-state index contributed by atoms with van der Waals surface area (Å²) >= 11 is 0. The molecule has 0 saturated carbocycles. The SMILES string of the molecule is Cc1cc(C(=O)N2CCC3(CC2)C[C@H](c2cnn(C)c2)C(=O)N3)c(C)o1. The van der Waals surface area contributed by atoms with Crippen LogP contribution in [0.3, 0.4) is 0 Å². The van der Waals surface area contributed by atoms with Crippen molar-refractivity contribution in [2.45, 2.75) is 44.6 Å². The molecule has 2 aromatic rings. The fourth-order valence-electron chi connectivity index (χ4n) is 4.25. The van der Waals surface area contributed by atoms with Crippen LogP contribution in [-0.2, 0) is 11.8 Å². The van der Waals surface area contributed by atoms with Crippen LogP contribution in [-0.4, -0.2) is 45.1 Å². The van der Waals surface area contributed by atoms with Crippen molar-refractivity contribution in [2.75, 3.05) is 13.1 Å². The predicted molar refractivity (Wildman–Crippen MR) is 94.8 cm³/mol. The Balaban J connectivity index is 1.44. The van der Waals surface area contributed by atoms with Crippen LogP contribution in [0.2, 0.25) is 0 Å². The van der Waals surface area contributed by atoms with Gasteiger partial charge in [-0.3, -0.25) is 14.3 Å². The van der Waals surface area contributed by atoms with E-state index in [9.17, 15) is 9.59 Å². The van der Waals surface area contributed by atoms with E-state index in [-0.39, 0.29) is 23.3 Å². The molecule has 2 amide bonds. The van der Waals surface area contributed by atoms with Crippen LogP contribution in [0.25, 0.3) is 0 Å². The highest BCUT2D eigenvalue weighted by Crippen LogP contribution is 2.39. The summed E-state index contributed by atoms with van der Waals surface area (Å²) in [4.78, 5) is 27.1. The van der Waals surface area contributed by atoms with Crippen LogP contribution >= 0.6 is 0 Å². The molecule has 0 radical (unpaired) electrons. The van der Waals surface area contributed by atoms with Crippen molar-refractivity contribution in [1.29, 1.82) is 0 Å². The number of carbonyl (C=O) groups is 2. The molecule has 2 saturated heterocycles. The highest BCUT2D eigenvalue weighted by Gasteiger charge is 2.47. The fourth-order valence-corrected chi connectivity index (χ4v) is 4.25. The molecule has 26 heavy (non-hydrogen) atoms. The highest BCUT2D eigenvalue weighted by atomic mass is 16.3. The van der Waals surface area contributed by atoms with E-state index < -0.39 is 0 Å². The summed E-state index contributed by atoms with van der Waals surface area (Å²) in [6.45, 7) is 4.95. The van der Waals surface area contributed by atoms with Gasteiger partial charge in [-0.15, -0.1) is 0 Å². The molecule has 4 heterocycles. The number of aryl methyl sites for hydroxylation is 3. The number of furan rings is 1. The maximum Gasteiger partial charge on any atom is 0.257 e. The summed E-state index contributed by atoms with van der Waals surface area (Å²) in [7, 11) is 1.86. The van der Waals surface area contributed by atoms with E-state index in [0.717, 1.165) is 30.6 Å². The third-order valence-electron chi connectivity index (χ3n) is 5.71. The van der Waals surface area contributed by atoms with E-state index in [2.05, 4.69) is 10.4 Å². The minimum atomic E-state index is -0.213. The average Bonchev–Trinajstić information content (AvgIpc) is 3.26. The lowest BCUT2D eigenvalue weighted by molar-refractivity contribution is -0.121. The van der Waals surface area contributed by atoms with Gasteiger partial charge < -0.3 is 14.6 Å². The van der Waals surface area contributed by atoms with E-state index in [4.69, 9.17) is 4.42 Å². The minimum absolute atomic E-state index is 0.0160. The lowest BCUT2D eigenvalue weighted by Crippen LogP contribution is -2.52. The van der Waals surface area contributed by atoms with E-state index >= 15 is 0 Å².